The Kier molecular flexibility index (Phi) is 4.68. The molecule has 1 fully saturated rings. The molecular weight excluding hydrogens is 371 g/mol. The summed E-state index contributed by atoms with van der Waals surface area (Å²) in [6.45, 7) is 1.42. The second-order valence-electron chi connectivity index (χ2n) is 5.94. The van der Waals surface area contributed by atoms with Crippen molar-refractivity contribution < 1.29 is 18.7 Å². The van der Waals surface area contributed by atoms with Crippen LogP contribution in [0.15, 0.2) is 42.7 Å². The lowest BCUT2D eigenvalue weighted by atomic mass is 10.3. The molecule has 27 heavy (non-hydrogen) atoms. The highest BCUT2D eigenvalue weighted by Crippen LogP contribution is 2.25. The molecule has 4 rings (SSSR count). The first-order chi connectivity index (χ1) is 13.1. The Hall–Kier alpha value is -3.07. The number of para-hydroxylation sites is 1. The molecule has 9 heteroatoms. The van der Waals surface area contributed by atoms with Crippen LogP contribution in [0.4, 0.5) is 9.18 Å². The van der Waals surface area contributed by atoms with Crippen molar-refractivity contribution in [2.75, 3.05) is 26.2 Å². The lowest BCUT2D eigenvalue weighted by Crippen LogP contribution is -2.51. The van der Waals surface area contributed by atoms with Gasteiger partial charge in [-0.25, -0.2) is 14.2 Å². The second kappa shape index (κ2) is 7.28. The monoisotopic (exact) mass is 386 g/mol. The Morgan fingerprint density at radius 3 is 2.56 bits per heavy atom. The van der Waals surface area contributed by atoms with E-state index >= 15 is 0 Å². The van der Waals surface area contributed by atoms with Crippen LogP contribution in [-0.2, 0) is 0 Å². The molecule has 1 saturated heterocycles. The topological polar surface area (TPSA) is 75.6 Å². The summed E-state index contributed by atoms with van der Waals surface area (Å²) in [6.07, 6.45) is 2.58. The highest BCUT2D eigenvalue weighted by molar-refractivity contribution is 7.20. The van der Waals surface area contributed by atoms with Crippen molar-refractivity contribution >= 4 is 33.6 Å². The van der Waals surface area contributed by atoms with E-state index in [9.17, 15) is 14.0 Å². The number of rotatable bonds is 2. The molecule has 2 aromatic heterocycles. The fourth-order valence-corrected chi connectivity index (χ4v) is 3.75. The first kappa shape index (κ1) is 17.3. The predicted molar refractivity (Wildman–Crippen MR) is 97.3 cm³/mol. The zero-order valence-electron chi connectivity index (χ0n) is 14.2. The van der Waals surface area contributed by atoms with Crippen LogP contribution >= 0.6 is 11.3 Å². The molecule has 1 aliphatic heterocycles. The van der Waals surface area contributed by atoms with Crippen LogP contribution in [0.2, 0.25) is 0 Å². The van der Waals surface area contributed by atoms with Gasteiger partial charge in [-0.05, 0) is 24.3 Å². The number of hydrogen-bond donors (Lipinski definition) is 0. The van der Waals surface area contributed by atoms with Gasteiger partial charge in [0.15, 0.2) is 10.8 Å². The summed E-state index contributed by atoms with van der Waals surface area (Å²) in [5, 5.41) is 0.251. The third-order valence-electron chi connectivity index (χ3n) is 4.22. The van der Waals surface area contributed by atoms with Gasteiger partial charge in [0, 0.05) is 32.4 Å². The van der Waals surface area contributed by atoms with E-state index in [0.29, 0.717) is 36.6 Å². The first-order valence-electron chi connectivity index (χ1n) is 8.33. The molecule has 0 atom stereocenters. The van der Waals surface area contributed by atoms with Crippen LogP contribution in [0, 0.1) is 5.82 Å². The Morgan fingerprint density at radius 2 is 1.85 bits per heavy atom. The summed E-state index contributed by atoms with van der Waals surface area (Å²) in [5.74, 6) is -0.320. The molecule has 0 spiro atoms. The Balaban J connectivity index is 1.39. The summed E-state index contributed by atoms with van der Waals surface area (Å²) < 4.78 is 19.7. The van der Waals surface area contributed by atoms with Gasteiger partial charge in [0.1, 0.15) is 11.3 Å². The maximum Gasteiger partial charge on any atom is 0.415 e. The van der Waals surface area contributed by atoms with Gasteiger partial charge in [0.05, 0.1) is 10.9 Å². The van der Waals surface area contributed by atoms with Crippen molar-refractivity contribution in [1.82, 2.24) is 19.8 Å². The zero-order chi connectivity index (χ0) is 18.8. The normalized spacial score (nSPS) is 14.4. The SMILES string of the molecule is O=C(Oc1cccnc1)N1CCN(C(=O)c2nc3c(F)cccc3s2)CC1. The molecule has 0 radical (unpaired) electrons. The van der Waals surface area contributed by atoms with E-state index in [4.69, 9.17) is 4.74 Å². The van der Waals surface area contributed by atoms with Gasteiger partial charge in [-0.15, -0.1) is 11.3 Å². The number of thiazole rings is 1. The smallest absolute Gasteiger partial charge is 0.409 e. The van der Waals surface area contributed by atoms with Gasteiger partial charge < -0.3 is 14.5 Å². The summed E-state index contributed by atoms with van der Waals surface area (Å²) >= 11 is 1.17. The largest absolute Gasteiger partial charge is 0.415 e. The average molecular weight is 386 g/mol. The van der Waals surface area contributed by atoms with Crippen molar-refractivity contribution in [1.29, 1.82) is 0 Å². The highest BCUT2D eigenvalue weighted by atomic mass is 32.1. The number of aromatic nitrogens is 2. The molecule has 7 nitrogen and oxygen atoms in total. The van der Waals surface area contributed by atoms with Crippen LogP contribution in [-0.4, -0.2) is 57.9 Å². The molecule has 2 amide bonds. The number of carbonyl (C=O) groups excluding carboxylic acids is 2. The molecule has 3 aromatic rings. The molecular formula is C18H15FN4O3S. The van der Waals surface area contributed by atoms with Crippen LogP contribution < -0.4 is 4.74 Å². The van der Waals surface area contributed by atoms with Gasteiger partial charge in [-0.3, -0.25) is 9.78 Å². The predicted octanol–water partition coefficient (Wildman–Crippen LogP) is 2.79. The number of fused-ring (bicyclic) bond motifs is 1. The molecule has 0 saturated carbocycles. The van der Waals surface area contributed by atoms with Gasteiger partial charge in [-0.1, -0.05) is 6.07 Å². The van der Waals surface area contributed by atoms with E-state index in [2.05, 4.69) is 9.97 Å². The van der Waals surface area contributed by atoms with E-state index < -0.39 is 11.9 Å². The molecule has 1 aliphatic rings. The van der Waals surface area contributed by atoms with E-state index in [1.807, 2.05) is 0 Å². The number of benzene rings is 1. The quantitative estimate of drug-likeness (QED) is 0.677. The first-order valence-corrected chi connectivity index (χ1v) is 9.14. The summed E-state index contributed by atoms with van der Waals surface area (Å²) in [5.41, 5.74) is 0.213. The molecule has 0 unspecified atom stereocenters. The molecule has 138 valence electrons. The number of piperazine rings is 1. The molecule has 0 aliphatic carbocycles. The number of hydrogen-bond acceptors (Lipinski definition) is 6. The lowest BCUT2D eigenvalue weighted by Gasteiger charge is -2.33. The minimum Gasteiger partial charge on any atom is -0.409 e. The van der Waals surface area contributed by atoms with Gasteiger partial charge >= 0.3 is 6.09 Å². The number of ether oxygens (including phenoxy) is 1. The second-order valence-corrected chi connectivity index (χ2v) is 6.97. The lowest BCUT2D eigenvalue weighted by molar-refractivity contribution is 0.0633. The number of halogens is 1. The van der Waals surface area contributed by atoms with Crippen molar-refractivity contribution in [3.05, 3.63) is 53.6 Å². The third kappa shape index (κ3) is 3.59. The fraction of sp³-hybridized carbons (Fsp3) is 0.222. The molecule has 0 N–H and O–H groups in total. The molecule has 3 heterocycles. The Bertz CT molecular complexity index is 987. The molecule has 1 aromatic carbocycles. The molecule has 0 bridgehead atoms. The van der Waals surface area contributed by atoms with E-state index in [1.165, 1.54) is 28.5 Å². The highest BCUT2D eigenvalue weighted by Gasteiger charge is 2.27. The summed E-state index contributed by atoms with van der Waals surface area (Å²) in [4.78, 5) is 36.0. The average Bonchev–Trinajstić information content (AvgIpc) is 3.14. The number of amides is 2. The fourth-order valence-electron chi connectivity index (χ4n) is 2.81. The van der Waals surface area contributed by atoms with Gasteiger partial charge in [-0.2, -0.15) is 0 Å². The summed E-state index contributed by atoms with van der Waals surface area (Å²) in [7, 11) is 0. The number of carbonyl (C=O) groups is 2. The van der Waals surface area contributed by atoms with Crippen molar-refractivity contribution in [2.45, 2.75) is 0 Å². The Labute approximate surface area is 158 Å². The minimum absolute atomic E-state index is 0.213. The Morgan fingerprint density at radius 1 is 1.07 bits per heavy atom. The van der Waals surface area contributed by atoms with E-state index in [0.717, 1.165) is 0 Å². The van der Waals surface area contributed by atoms with Crippen LogP contribution in [0.25, 0.3) is 10.2 Å². The van der Waals surface area contributed by atoms with Gasteiger partial charge in [0.2, 0.25) is 0 Å². The van der Waals surface area contributed by atoms with Crippen molar-refractivity contribution in [2.24, 2.45) is 0 Å². The zero-order valence-corrected chi connectivity index (χ0v) is 15.0. The van der Waals surface area contributed by atoms with Crippen molar-refractivity contribution in [3.8, 4) is 5.75 Å². The number of pyridine rings is 1. The maximum atomic E-state index is 13.8. The van der Waals surface area contributed by atoms with E-state index in [-0.39, 0.29) is 16.4 Å². The standard InChI is InChI=1S/C18H15FN4O3S/c19-13-4-1-5-14-15(13)21-16(27-14)17(24)22-7-9-23(10-8-22)18(25)26-12-3-2-6-20-11-12/h1-6,11H,7-10H2. The van der Waals surface area contributed by atoms with Crippen LogP contribution in [0.5, 0.6) is 5.75 Å². The van der Waals surface area contributed by atoms with Crippen LogP contribution in [0.3, 0.4) is 0 Å². The van der Waals surface area contributed by atoms with Crippen molar-refractivity contribution in [3.63, 3.8) is 0 Å². The maximum absolute atomic E-state index is 13.8. The van der Waals surface area contributed by atoms with Crippen LogP contribution in [0.1, 0.15) is 9.80 Å². The minimum atomic E-state index is -0.475. The van der Waals surface area contributed by atoms with Gasteiger partial charge in [0.25, 0.3) is 5.91 Å². The number of nitrogens with zero attached hydrogens (tertiary/aromatic N) is 4. The van der Waals surface area contributed by atoms with E-state index in [1.54, 1.807) is 35.4 Å². The summed E-state index contributed by atoms with van der Waals surface area (Å²) in [6, 6.07) is 7.98. The third-order valence-corrected chi connectivity index (χ3v) is 5.23.